The summed E-state index contributed by atoms with van der Waals surface area (Å²) in [6.07, 6.45) is 16.2. The Bertz CT molecular complexity index is 401. The van der Waals surface area contributed by atoms with Crippen LogP contribution in [0.3, 0.4) is 0 Å². The highest BCUT2D eigenvalue weighted by molar-refractivity contribution is 5.75. The molecule has 0 bridgehead atoms. The maximum absolute atomic E-state index is 10.6. The number of hydrogen-bond donors (Lipinski definition) is 0. The summed E-state index contributed by atoms with van der Waals surface area (Å²) in [5, 5.41) is 0. The van der Waals surface area contributed by atoms with E-state index >= 15 is 0 Å². The van der Waals surface area contributed by atoms with E-state index in [-0.39, 0.29) is 0 Å². The van der Waals surface area contributed by atoms with Gasteiger partial charge in [0.15, 0.2) is 0 Å². The zero-order valence-corrected chi connectivity index (χ0v) is 10.8. The molecule has 0 aliphatic carbocycles. The van der Waals surface area contributed by atoms with Crippen molar-refractivity contribution in [1.82, 2.24) is 0 Å². The number of allylic oxidation sites excluding steroid dienone is 11. The van der Waals surface area contributed by atoms with Gasteiger partial charge >= 0.3 is 0 Å². The van der Waals surface area contributed by atoms with Crippen molar-refractivity contribution in [2.24, 2.45) is 0 Å². The molecule has 0 amide bonds. The Morgan fingerprint density at radius 2 is 1.41 bits per heavy atom. The second-order valence-electron chi connectivity index (χ2n) is 3.67. The van der Waals surface area contributed by atoms with Crippen molar-refractivity contribution in [1.29, 1.82) is 0 Å². The van der Waals surface area contributed by atoms with Crippen molar-refractivity contribution in [3.8, 4) is 0 Å². The van der Waals surface area contributed by atoms with Gasteiger partial charge in [0, 0.05) is 0 Å². The molecule has 0 saturated heterocycles. The molecule has 0 aromatic rings. The van der Waals surface area contributed by atoms with Gasteiger partial charge in [-0.1, -0.05) is 55.2 Å². The molecule has 0 aromatic heterocycles. The van der Waals surface area contributed by atoms with Gasteiger partial charge in [0.25, 0.3) is 0 Å². The van der Waals surface area contributed by atoms with Crippen LogP contribution in [0.15, 0.2) is 71.9 Å². The Morgan fingerprint density at radius 1 is 0.882 bits per heavy atom. The molecule has 17 heavy (non-hydrogen) atoms. The van der Waals surface area contributed by atoms with Crippen LogP contribution < -0.4 is 0 Å². The zero-order chi connectivity index (χ0) is 13.1. The van der Waals surface area contributed by atoms with Crippen molar-refractivity contribution in [3.63, 3.8) is 0 Å². The van der Waals surface area contributed by atoms with E-state index in [2.05, 4.69) is 6.58 Å². The van der Waals surface area contributed by atoms with Crippen LogP contribution >= 0.6 is 0 Å². The first kappa shape index (κ1) is 15.1. The summed E-state index contributed by atoms with van der Waals surface area (Å²) in [7, 11) is 0. The predicted octanol–water partition coefficient (Wildman–Crippen LogP) is 4.32. The fraction of sp³-hybridized carbons (Fsp3) is 0.188. The molecule has 0 rings (SSSR count). The maximum atomic E-state index is 10.6. The summed E-state index contributed by atoms with van der Waals surface area (Å²) in [5.41, 5.74) is 2.90. The van der Waals surface area contributed by atoms with Crippen molar-refractivity contribution >= 4 is 6.29 Å². The van der Waals surface area contributed by atoms with E-state index in [0.29, 0.717) is 0 Å². The first-order valence-corrected chi connectivity index (χ1v) is 5.55. The predicted molar refractivity (Wildman–Crippen MR) is 75.8 cm³/mol. The monoisotopic (exact) mass is 228 g/mol. The highest BCUT2D eigenvalue weighted by Gasteiger charge is 1.96. The molecule has 0 radical (unpaired) electrons. The van der Waals surface area contributed by atoms with Gasteiger partial charge in [-0.05, 0) is 37.5 Å². The summed E-state index contributed by atoms with van der Waals surface area (Å²) in [4.78, 5) is 10.6. The first-order chi connectivity index (χ1) is 8.13. The van der Waals surface area contributed by atoms with E-state index < -0.39 is 0 Å². The molecule has 0 unspecified atom stereocenters. The number of carbonyl (C=O) groups is 1. The van der Waals surface area contributed by atoms with E-state index in [1.807, 2.05) is 63.3 Å². The lowest BCUT2D eigenvalue weighted by molar-refractivity contribution is -0.104. The van der Waals surface area contributed by atoms with Crippen molar-refractivity contribution in [3.05, 3.63) is 71.9 Å². The van der Waals surface area contributed by atoms with Crippen LogP contribution in [0.2, 0.25) is 0 Å². The molecule has 90 valence electrons. The molecule has 0 spiro atoms. The lowest BCUT2D eigenvalue weighted by atomic mass is 10.0. The van der Waals surface area contributed by atoms with Crippen molar-refractivity contribution < 1.29 is 4.79 Å². The summed E-state index contributed by atoms with van der Waals surface area (Å²) in [6, 6.07) is 0. The third kappa shape index (κ3) is 7.07. The molecule has 0 atom stereocenters. The Kier molecular flexibility index (Phi) is 8.31. The number of hydrogen-bond acceptors (Lipinski definition) is 1. The van der Waals surface area contributed by atoms with Gasteiger partial charge in [0.05, 0.1) is 0 Å². The van der Waals surface area contributed by atoms with Gasteiger partial charge in [-0.15, -0.1) is 0 Å². The molecule has 0 N–H and O–H groups in total. The standard InChI is InChI=1S/C16H20O/c1-5-6-7-8-9-10-11-12-14(2)16(4)15(3)13-17/h5-13H,1H2,2-4H3/b7-6+,9-8+,11-10+,14-12+,16-15+. The molecule has 0 fully saturated rings. The molecule has 1 heteroatoms. The number of rotatable bonds is 6. The lowest BCUT2D eigenvalue weighted by Gasteiger charge is -2.01. The SMILES string of the molecule is C=C/C=C/C=C/C=C/C=C(C)/C(C)=C(\C)C=O. The summed E-state index contributed by atoms with van der Waals surface area (Å²) < 4.78 is 0. The number of carbonyl (C=O) groups excluding carboxylic acids is 1. The average molecular weight is 228 g/mol. The van der Waals surface area contributed by atoms with Gasteiger partial charge in [-0.25, -0.2) is 0 Å². The molecule has 0 saturated carbocycles. The molecule has 0 aliphatic heterocycles. The van der Waals surface area contributed by atoms with Crippen LogP contribution in [-0.4, -0.2) is 6.29 Å². The topological polar surface area (TPSA) is 17.1 Å². The van der Waals surface area contributed by atoms with Gasteiger partial charge in [-0.3, -0.25) is 4.79 Å². The van der Waals surface area contributed by atoms with Gasteiger partial charge in [0.1, 0.15) is 6.29 Å². The highest BCUT2D eigenvalue weighted by Crippen LogP contribution is 2.12. The van der Waals surface area contributed by atoms with Crippen LogP contribution in [0.25, 0.3) is 0 Å². The quantitative estimate of drug-likeness (QED) is 0.376. The molecule has 0 heterocycles. The van der Waals surface area contributed by atoms with Crippen molar-refractivity contribution in [2.45, 2.75) is 20.8 Å². The maximum Gasteiger partial charge on any atom is 0.146 e. The zero-order valence-electron chi connectivity index (χ0n) is 10.8. The van der Waals surface area contributed by atoms with E-state index in [0.717, 1.165) is 23.0 Å². The smallest absolute Gasteiger partial charge is 0.146 e. The Balaban J connectivity index is 4.48. The van der Waals surface area contributed by atoms with E-state index in [9.17, 15) is 4.79 Å². The highest BCUT2D eigenvalue weighted by atomic mass is 16.1. The average Bonchev–Trinajstić information content (AvgIpc) is 2.35. The van der Waals surface area contributed by atoms with Crippen molar-refractivity contribution in [2.75, 3.05) is 0 Å². The summed E-state index contributed by atoms with van der Waals surface area (Å²) in [5.74, 6) is 0. The molecule has 0 aromatic carbocycles. The second-order valence-corrected chi connectivity index (χ2v) is 3.67. The third-order valence-corrected chi connectivity index (χ3v) is 2.40. The summed E-state index contributed by atoms with van der Waals surface area (Å²) >= 11 is 0. The fourth-order valence-electron chi connectivity index (χ4n) is 1.06. The normalized spacial score (nSPS) is 14.6. The minimum absolute atomic E-state index is 0.775. The van der Waals surface area contributed by atoms with Crippen LogP contribution in [0, 0.1) is 0 Å². The third-order valence-electron chi connectivity index (χ3n) is 2.40. The van der Waals surface area contributed by atoms with Crippen LogP contribution in [0.1, 0.15) is 20.8 Å². The Labute approximate surface area is 104 Å². The molecule has 0 aliphatic rings. The Morgan fingerprint density at radius 3 is 1.94 bits per heavy atom. The van der Waals surface area contributed by atoms with E-state index in [1.54, 1.807) is 6.08 Å². The van der Waals surface area contributed by atoms with Crippen LogP contribution in [0.5, 0.6) is 0 Å². The number of aldehydes is 1. The largest absolute Gasteiger partial charge is 0.298 e. The summed E-state index contributed by atoms with van der Waals surface area (Å²) in [6.45, 7) is 9.35. The van der Waals surface area contributed by atoms with E-state index in [4.69, 9.17) is 0 Å². The molecule has 1 nitrogen and oxygen atoms in total. The molecular formula is C16H20O. The second kappa shape index (κ2) is 9.34. The van der Waals surface area contributed by atoms with Gasteiger partial charge in [0.2, 0.25) is 0 Å². The minimum atomic E-state index is 0.775. The van der Waals surface area contributed by atoms with Gasteiger partial charge < -0.3 is 0 Å². The Hall–Kier alpha value is -1.89. The van der Waals surface area contributed by atoms with E-state index in [1.165, 1.54) is 0 Å². The molecular weight excluding hydrogens is 208 g/mol. The first-order valence-electron chi connectivity index (χ1n) is 5.55. The van der Waals surface area contributed by atoms with Gasteiger partial charge in [-0.2, -0.15) is 0 Å². The minimum Gasteiger partial charge on any atom is -0.298 e. The lowest BCUT2D eigenvalue weighted by Crippen LogP contribution is -1.86. The van der Waals surface area contributed by atoms with Crippen LogP contribution in [-0.2, 0) is 4.79 Å². The fourth-order valence-corrected chi connectivity index (χ4v) is 1.06. The van der Waals surface area contributed by atoms with Crippen LogP contribution in [0.4, 0.5) is 0 Å².